The highest BCUT2D eigenvalue weighted by molar-refractivity contribution is 6.00. The first-order valence-corrected chi connectivity index (χ1v) is 16.5. The zero-order valence-electron chi connectivity index (χ0n) is 28.2. The molecule has 6 N–H and O–H groups in total. The van der Waals surface area contributed by atoms with E-state index in [1.165, 1.54) is 5.48 Å². The van der Waals surface area contributed by atoms with Crippen LogP contribution < -0.4 is 16.1 Å². The van der Waals surface area contributed by atoms with Crippen LogP contribution in [0.25, 0.3) is 22.5 Å². The number of aromatic carboxylic acids is 1. The fraction of sp³-hybridized carbons (Fsp3) is 0.278. The smallest absolute Gasteiger partial charge is 0.354 e. The second-order valence-electron chi connectivity index (χ2n) is 12.0. The molecule has 0 spiro atoms. The quantitative estimate of drug-likeness (QED) is 0.0502. The lowest BCUT2D eigenvalue weighted by molar-refractivity contribution is -0.140. The second kappa shape index (κ2) is 16.9. The van der Waals surface area contributed by atoms with Crippen LogP contribution in [-0.2, 0) is 33.9 Å². The van der Waals surface area contributed by atoms with E-state index in [4.69, 9.17) is 5.21 Å². The summed E-state index contributed by atoms with van der Waals surface area (Å²) in [5, 5.41) is 39.1. The fourth-order valence-electron chi connectivity index (χ4n) is 5.71. The molecule has 2 heterocycles. The standard InChI is InChI=1S/C36H39N9O6/c1-3-22(2)33-39-29(20-38-30(46)17-18-37-34(47)28(35(48)42-51)19-23-9-5-4-6-10-23)31(36(49)50)45(33)21-24-13-15-25(16-14-24)26-11-7-8-12-27(26)32-40-43-44-41-32/h4-16,22,28,51H,3,17-21H2,1-2H3,(H,37,47)(H,38,46)(H,42,48)(H,49,50)(H,40,41,43,44). The highest BCUT2D eigenvalue weighted by Gasteiger charge is 2.28. The monoisotopic (exact) mass is 693 g/mol. The molecule has 264 valence electrons. The molecule has 0 fully saturated rings. The molecule has 5 rings (SSSR count). The number of hydroxylamine groups is 1. The van der Waals surface area contributed by atoms with Gasteiger partial charge in [0.05, 0.1) is 12.2 Å². The summed E-state index contributed by atoms with van der Waals surface area (Å²) in [6.07, 6.45) is 0.644. The normalized spacial score (nSPS) is 12.1. The van der Waals surface area contributed by atoms with Gasteiger partial charge in [0.2, 0.25) is 17.6 Å². The molecule has 15 heteroatoms. The van der Waals surface area contributed by atoms with Crippen LogP contribution in [0.3, 0.4) is 0 Å². The van der Waals surface area contributed by atoms with Crippen molar-refractivity contribution in [1.82, 2.24) is 46.3 Å². The third-order valence-electron chi connectivity index (χ3n) is 8.57. The number of carbonyl (C=O) groups is 4. The number of aromatic amines is 1. The maximum Gasteiger partial charge on any atom is 0.354 e. The number of carbonyl (C=O) groups excluding carboxylic acids is 3. The summed E-state index contributed by atoms with van der Waals surface area (Å²) in [6, 6.07) is 24.3. The van der Waals surface area contributed by atoms with Gasteiger partial charge in [0, 0.05) is 31.0 Å². The lowest BCUT2D eigenvalue weighted by atomic mass is 9.98. The first-order valence-electron chi connectivity index (χ1n) is 16.5. The number of benzene rings is 3. The van der Waals surface area contributed by atoms with Gasteiger partial charge in [-0.15, -0.1) is 10.2 Å². The van der Waals surface area contributed by atoms with Crippen molar-refractivity contribution in [3.8, 4) is 22.5 Å². The third-order valence-corrected chi connectivity index (χ3v) is 8.57. The third kappa shape index (κ3) is 8.88. The SMILES string of the molecule is CCC(C)c1nc(CNC(=O)CCNC(=O)C(Cc2ccccc2)C(=O)NO)c(C(=O)O)n1Cc1ccc(-c2ccccc2-c2nn[nH]n2)cc1. The van der Waals surface area contributed by atoms with Crippen LogP contribution in [-0.4, -0.2) is 70.7 Å². The molecule has 3 aromatic carbocycles. The van der Waals surface area contributed by atoms with E-state index in [9.17, 15) is 24.3 Å². The molecule has 0 saturated carbocycles. The van der Waals surface area contributed by atoms with Crippen LogP contribution in [0, 0.1) is 5.92 Å². The summed E-state index contributed by atoms with van der Waals surface area (Å²) in [7, 11) is 0. The Kier molecular flexibility index (Phi) is 12.0. The molecule has 15 nitrogen and oxygen atoms in total. The Hall–Kier alpha value is -6.22. The van der Waals surface area contributed by atoms with Crippen molar-refractivity contribution < 1.29 is 29.5 Å². The Labute approximate surface area is 293 Å². The van der Waals surface area contributed by atoms with E-state index < -0.39 is 29.6 Å². The van der Waals surface area contributed by atoms with Crippen LogP contribution in [0.15, 0.2) is 78.9 Å². The van der Waals surface area contributed by atoms with Gasteiger partial charge in [0.15, 0.2) is 5.69 Å². The lowest BCUT2D eigenvalue weighted by Crippen LogP contribution is -2.42. The number of tetrazole rings is 1. The van der Waals surface area contributed by atoms with E-state index in [0.29, 0.717) is 18.1 Å². The van der Waals surface area contributed by atoms with E-state index in [0.717, 1.165) is 27.8 Å². The van der Waals surface area contributed by atoms with Gasteiger partial charge < -0.3 is 20.3 Å². The summed E-state index contributed by atoms with van der Waals surface area (Å²) >= 11 is 0. The number of nitrogens with zero attached hydrogens (tertiary/aromatic N) is 5. The van der Waals surface area contributed by atoms with Gasteiger partial charge in [-0.05, 0) is 40.3 Å². The van der Waals surface area contributed by atoms with Gasteiger partial charge >= 0.3 is 5.97 Å². The highest BCUT2D eigenvalue weighted by Crippen LogP contribution is 2.30. The topological polar surface area (TPSA) is 217 Å². The summed E-state index contributed by atoms with van der Waals surface area (Å²) < 4.78 is 1.68. The van der Waals surface area contributed by atoms with Crippen molar-refractivity contribution in [3.05, 3.63) is 107 Å². The average molecular weight is 694 g/mol. The van der Waals surface area contributed by atoms with Crippen molar-refractivity contribution in [2.24, 2.45) is 5.92 Å². The molecule has 3 amide bonds. The first kappa shape index (κ1) is 36.1. The Balaban J connectivity index is 1.26. The zero-order valence-corrected chi connectivity index (χ0v) is 28.2. The number of nitrogens with one attached hydrogen (secondary N) is 4. The number of carboxylic acids is 1. The van der Waals surface area contributed by atoms with Crippen molar-refractivity contribution in [2.75, 3.05) is 6.54 Å². The van der Waals surface area contributed by atoms with Gasteiger partial charge in [-0.3, -0.25) is 19.6 Å². The van der Waals surface area contributed by atoms with Crippen LogP contribution in [0.2, 0.25) is 0 Å². The number of H-pyrrole nitrogens is 1. The maximum atomic E-state index is 12.8. The summed E-state index contributed by atoms with van der Waals surface area (Å²) in [6.45, 7) is 3.98. The molecule has 0 aliphatic rings. The molecule has 2 aromatic heterocycles. The van der Waals surface area contributed by atoms with Crippen LogP contribution in [0.4, 0.5) is 0 Å². The van der Waals surface area contributed by atoms with Crippen molar-refractivity contribution in [2.45, 2.75) is 52.1 Å². The minimum absolute atomic E-state index is 0.0239. The van der Waals surface area contributed by atoms with E-state index in [1.807, 2.05) is 62.4 Å². The molecule has 51 heavy (non-hydrogen) atoms. The predicted octanol–water partition coefficient (Wildman–Crippen LogP) is 3.48. The molecule has 5 aromatic rings. The predicted molar refractivity (Wildman–Crippen MR) is 185 cm³/mol. The zero-order chi connectivity index (χ0) is 36.3. The van der Waals surface area contributed by atoms with Crippen LogP contribution in [0.5, 0.6) is 0 Å². The molecule has 2 atom stereocenters. The van der Waals surface area contributed by atoms with E-state index in [-0.39, 0.29) is 49.8 Å². The number of carboxylic acid groups (broad SMARTS) is 1. The molecule has 0 aliphatic heterocycles. The van der Waals surface area contributed by atoms with E-state index in [2.05, 4.69) is 36.2 Å². The van der Waals surface area contributed by atoms with E-state index >= 15 is 0 Å². The van der Waals surface area contributed by atoms with Gasteiger partial charge in [-0.2, -0.15) is 5.21 Å². The van der Waals surface area contributed by atoms with Gasteiger partial charge in [-0.25, -0.2) is 15.3 Å². The largest absolute Gasteiger partial charge is 0.477 e. The molecular weight excluding hydrogens is 654 g/mol. The van der Waals surface area contributed by atoms with Crippen molar-refractivity contribution in [1.29, 1.82) is 0 Å². The minimum atomic E-state index is -1.20. The number of imidazole rings is 1. The second-order valence-corrected chi connectivity index (χ2v) is 12.0. The maximum absolute atomic E-state index is 12.8. The molecule has 0 radical (unpaired) electrons. The number of amides is 3. The fourth-order valence-corrected chi connectivity index (χ4v) is 5.71. The summed E-state index contributed by atoms with van der Waals surface area (Å²) in [5.74, 6) is -3.34. The van der Waals surface area contributed by atoms with Gasteiger partial charge in [-0.1, -0.05) is 92.7 Å². The summed E-state index contributed by atoms with van der Waals surface area (Å²) in [4.78, 5) is 55.0. The number of rotatable bonds is 16. The number of hydrogen-bond donors (Lipinski definition) is 6. The first-order chi connectivity index (χ1) is 24.7. The summed E-state index contributed by atoms with van der Waals surface area (Å²) in [5.41, 5.74) is 5.95. The van der Waals surface area contributed by atoms with Crippen LogP contribution in [0.1, 0.15) is 65.7 Å². The Bertz CT molecular complexity index is 1960. The van der Waals surface area contributed by atoms with Crippen LogP contribution >= 0.6 is 0 Å². The average Bonchev–Trinajstić information content (AvgIpc) is 3.82. The van der Waals surface area contributed by atoms with Gasteiger partial charge in [0.25, 0.3) is 5.91 Å². The molecule has 0 bridgehead atoms. The molecule has 0 aliphatic carbocycles. The van der Waals surface area contributed by atoms with Crippen molar-refractivity contribution >= 4 is 23.7 Å². The Morgan fingerprint density at radius 3 is 2.24 bits per heavy atom. The Morgan fingerprint density at radius 1 is 0.882 bits per heavy atom. The highest BCUT2D eigenvalue weighted by atomic mass is 16.5. The Morgan fingerprint density at radius 2 is 1.59 bits per heavy atom. The lowest BCUT2D eigenvalue weighted by Gasteiger charge is -2.15. The molecular formula is C36H39N9O6. The van der Waals surface area contributed by atoms with Crippen molar-refractivity contribution in [3.63, 3.8) is 0 Å². The van der Waals surface area contributed by atoms with E-state index in [1.54, 1.807) is 34.9 Å². The minimum Gasteiger partial charge on any atom is -0.477 e. The number of aromatic nitrogens is 6. The number of hydrogen-bond acceptors (Lipinski definition) is 9. The molecule has 2 unspecified atom stereocenters. The molecule has 0 saturated heterocycles. The van der Waals surface area contributed by atoms with Gasteiger partial charge in [0.1, 0.15) is 11.7 Å².